The minimum absolute atomic E-state index is 0.0378. The number of amides is 10. The molecule has 10 atom stereocenters. The Kier molecular flexibility index (Phi) is 31.5. The second-order valence-corrected chi connectivity index (χ2v) is 22.8. The molecule has 33 nitrogen and oxygen atoms in total. The first-order valence-electron chi connectivity index (χ1n) is 29.8. The number of rotatable bonds is 39. The Bertz CT molecular complexity index is 3090. The van der Waals surface area contributed by atoms with Crippen LogP contribution in [-0.2, 0) is 70.4 Å². The predicted molar refractivity (Wildman–Crippen MR) is 337 cm³/mol. The van der Waals surface area contributed by atoms with Gasteiger partial charge in [-0.2, -0.15) is 0 Å². The number of hydrogen-bond acceptors (Lipinski definition) is 16. The summed E-state index contributed by atoms with van der Waals surface area (Å²) in [5.74, 6) is -14.5. The Morgan fingerprint density at radius 1 is 0.478 bits per heavy atom. The first kappa shape index (κ1) is 76.3. The summed E-state index contributed by atoms with van der Waals surface area (Å²) in [4.78, 5) is 173. The van der Waals surface area contributed by atoms with Crippen molar-refractivity contribution in [3.05, 3.63) is 71.9 Å². The van der Waals surface area contributed by atoms with Crippen LogP contribution in [0.25, 0.3) is 10.9 Å². The highest BCUT2D eigenvalue weighted by Gasteiger charge is 2.38. The van der Waals surface area contributed by atoms with Crippen LogP contribution in [0, 0.1) is 17.8 Å². The van der Waals surface area contributed by atoms with Crippen LogP contribution in [0.5, 0.6) is 0 Å². The first-order chi connectivity index (χ1) is 43.4. The van der Waals surface area contributed by atoms with Gasteiger partial charge < -0.3 is 102 Å². The number of guanidine groups is 2. The average Bonchev–Trinajstić information content (AvgIpc) is 1.68. The van der Waals surface area contributed by atoms with E-state index >= 15 is 0 Å². The van der Waals surface area contributed by atoms with Crippen LogP contribution in [0.3, 0.4) is 0 Å². The van der Waals surface area contributed by atoms with E-state index in [1.165, 1.54) is 6.92 Å². The molecule has 0 spiro atoms. The average molecular weight is 1290 g/mol. The SMILES string of the molecule is CC(C)[C@H](NC(=O)[C@H](CCCN=C(N)N)NC(=O)[C@H](CCCN=C(N)N)NC(=O)CN)C(=O)N[C@H](C(=O)N[C@H](C(=O)N[C@@H](CO)C(=O)N[C@@H](Cc1ccccc1)C(=O)N[C@@H](C)C(=O)N[C@@H](Cc1c[nH]c2ccccc12)C(=O)N[C@@H](CC(=O)O)C(=O)O)C(C)C)C(C)C. The monoisotopic (exact) mass is 1290 g/mol. The van der Waals surface area contributed by atoms with Crippen LogP contribution in [0.2, 0.25) is 0 Å². The molecule has 0 aliphatic carbocycles. The van der Waals surface area contributed by atoms with E-state index in [1.54, 1.807) is 102 Å². The summed E-state index contributed by atoms with van der Waals surface area (Å²) in [7, 11) is 0. The van der Waals surface area contributed by atoms with Gasteiger partial charge in [-0.3, -0.25) is 62.7 Å². The quantitative estimate of drug-likeness (QED) is 0.0145. The van der Waals surface area contributed by atoms with Crippen LogP contribution in [0.1, 0.15) is 91.7 Å². The molecule has 0 unspecified atom stereocenters. The van der Waals surface area contributed by atoms with Gasteiger partial charge >= 0.3 is 11.9 Å². The van der Waals surface area contributed by atoms with Gasteiger partial charge in [-0.15, -0.1) is 0 Å². The normalized spacial score (nSPS) is 14.4. The molecule has 33 heteroatoms. The number of hydrogen-bond donors (Lipinski definition) is 19. The van der Waals surface area contributed by atoms with Crippen LogP contribution in [-0.4, -0.2) is 190 Å². The van der Waals surface area contributed by atoms with Crippen molar-refractivity contribution in [1.29, 1.82) is 0 Å². The lowest BCUT2D eigenvalue weighted by Gasteiger charge is -2.31. The van der Waals surface area contributed by atoms with Crippen molar-refractivity contribution in [3.63, 3.8) is 0 Å². The van der Waals surface area contributed by atoms with E-state index < -0.39 is 169 Å². The Balaban J connectivity index is 1.82. The van der Waals surface area contributed by atoms with Gasteiger partial charge in [0.15, 0.2) is 11.9 Å². The van der Waals surface area contributed by atoms with Gasteiger partial charge in [-0.1, -0.05) is 90.1 Å². The lowest BCUT2D eigenvalue weighted by Crippen LogP contribution is -2.62. The van der Waals surface area contributed by atoms with E-state index in [0.29, 0.717) is 22.0 Å². The predicted octanol–water partition coefficient (Wildman–Crippen LogP) is -4.59. The molecule has 0 radical (unpaired) electrons. The Hall–Kier alpha value is -9.92. The number of aromatic nitrogens is 1. The molecule has 506 valence electrons. The zero-order chi connectivity index (χ0) is 68.9. The zero-order valence-electron chi connectivity index (χ0n) is 52.6. The molecule has 2 aromatic carbocycles. The molecule has 0 aliphatic rings. The minimum Gasteiger partial charge on any atom is -0.481 e. The second-order valence-electron chi connectivity index (χ2n) is 22.8. The van der Waals surface area contributed by atoms with E-state index in [9.17, 15) is 72.9 Å². The highest BCUT2D eigenvalue weighted by atomic mass is 16.4. The van der Waals surface area contributed by atoms with Crippen molar-refractivity contribution in [3.8, 4) is 0 Å². The first-order valence-corrected chi connectivity index (χ1v) is 29.8. The number of aliphatic hydroxyl groups is 1. The number of carboxylic acids is 2. The highest BCUT2D eigenvalue weighted by Crippen LogP contribution is 2.20. The summed E-state index contributed by atoms with van der Waals surface area (Å²) >= 11 is 0. The molecule has 0 bridgehead atoms. The van der Waals surface area contributed by atoms with E-state index in [0.717, 1.165) is 0 Å². The standard InChI is InChI=1S/C59H90N18O15/c1-29(2)45(76-56(90)47(31(5)6)77-55(89)46(30(3)4)75-50(84)38(20-14-22-66-59(63)64)70-49(83)37(69-43(79)26-60)19-13-21-65-58(61)62)54(88)74-42(28-78)53(87)72-39(23-33-15-9-8-10-16-33)51(85)68-32(7)48(82)71-40(52(86)73-41(57(91)92)25-44(80)81)24-34-27-67-36-18-12-11-17-35(34)36/h8-12,15-18,27,29-32,37-42,45-47,67,78H,13-14,19-26,28,60H2,1-7H3,(H,68,85)(H,69,79)(H,70,83)(H,71,82)(H,72,87)(H,73,86)(H,74,88)(H,75,84)(H,76,90)(H,77,89)(H,80,81)(H,91,92)(H4,61,62,65)(H4,63,64,66)/t32-,37-,38-,39-,40-,41-,42-,45-,46-,47-/m0/s1. The molecule has 92 heavy (non-hydrogen) atoms. The zero-order valence-corrected chi connectivity index (χ0v) is 52.6. The number of aliphatic carboxylic acids is 2. The maximum absolute atomic E-state index is 14.2. The summed E-state index contributed by atoms with van der Waals surface area (Å²) in [6, 6.07) is 0.593. The number of nitrogens with zero attached hydrogens (tertiary/aromatic N) is 2. The van der Waals surface area contributed by atoms with Crippen molar-refractivity contribution >= 4 is 93.8 Å². The summed E-state index contributed by atoms with van der Waals surface area (Å²) in [6.45, 7) is 9.54. The number of nitrogens with one attached hydrogen (secondary N) is 11. The van der Waals surface area contributed by atoms with Crippen molar-refractivity contribution in [2.24, 2.45) is 56.4 Å². The van der Waals surface area contributed by atoms with Crippen molar-refractivity contribution in [1.82, 2.24) is 58.2 Å². The number of H-pyrrole nitrogens is 1. The van der Waals surface area contributed by atoms with Gasteiger partial charge in [0.05, 0.1) is 19.6 Å². The van der Waals surface area contributed by atoms with Gasteiger partial charge in [0, 0.05) is 43.0 Å². The number of nitrogens with two attached hydrogens (primary N) is 5. The number of aliphatic imine (C=N–C) groups is 2. The number of para-hydroxylation sites is 1. The third kappa shape index (κ3) is 25.5. The smallest absolute Gasteiger partial charge is 0.326 e. The van der Waals surface area contributed by atoms with Gasteiger partial charge in [0.2, 0.25) is 59.1 Å². The number of aromatic amines is 1. The number of carbonyl (C=O) groups excluding carboxylic acids is 10. The van der Waals surface area contributed by atoms with Gasteiger partial charge in [0.1, 0.15) is 60.4 Å². The van der Waals surface area contributed by atoms with E-state index in [2.05, 4.69) is 68.1 Å². The lowest BCUT2D eigenvalue weighted by atomic mass is 9.97. The topological polar surface area (TPSA) is 556 Å². The van der Waals surface area contributed by atoms with Gasteiger partial charge in [0.25, 0.3) is 0 Å². The molecular weight excluding hydrogens is 1200 g/mol. The number of fused-ring (bicyclic) bond motifs is 1. The van der Waals surface area contributed by atoms with Crippen LogP contribution in [0.4, 0.5) is 0 Å². The summed E-state index contributed by atoms with van der Waals surface area (Å²) < 4.78 is 0. The fraction of sp³-hybridized carbons (Fsp3) is 0.525. The van der Waals surface area contributed by atoms with Gasteiger partial charge in [-0.05, 0) is 67.6 Å². The number of carbonyl (C=O) groups is 12. The Labute approximate surface area is 531 Å². The fourth-order valence-electron chi connectivity index (χ4n) is 9.26. The largest absolute Gasteiger partial charge is 0.481 e. The number of benzene rings is 2. The lowest BCUT2D eigenvalue weighted by molar-refractivity contribution is -0.147. The molecule has 0 aliphatic heterocycles. The molecule has 1 aromatic heterocycles. The molecule has 0 saturated heterocycles. The minimum atomic E-state index is -1.87. The molecular formula is C59H90N18O15. The molecule has 3 rings (SSSR count). The number of carboxylic acid groups (broad SMARTS) is 2. The van der Waals surface area contributed by atoms with Crippen LogP contribution >= 0.6 is 0 Å². The maximum Gasteiger partial charge on any atom is 0.326 e. The third-order valence-electron chi connectivity index (χ3n) is 14.3. The molecule has 3 aromatic rings. The summed E-state index contributed by atoms with van der Waals surface area (Å²) in [5.41, 5.74) is 29.0. The number of aliphatic hydroxyl groups excluding tert-OH is 1. The van der Waals surface area contributed by atoms with E-state index in [1.807, 2.05) is 0 Å². The van der Waals surface area contributed by atoms with Crippen molar-refractivity contribution in [2.75, 3.05) is 26.2 Å². The van der Waals surface area contributed by atoms with Crippen LogP contribution in [0.15, 0.2) is 70.8 Å². The van der Waals surface area contributed by atoms with Crippen molar-refractivity contribution < 1.29 is 72.9 Å². The summed E-state index contributed by atoms with van der Waals surface area (Å²) in [5, 5.41) is 55.4. The molecule has 1 heterocycles. The van der Waals surface area contributed by atoms with E-state index in [-0.39, 0.29) is 63.5 Å². The second kappa shape index (κ2) is 37.9. The Morgan fingerprint density at radius 2 is 0.891 bits per heavy atom. The van der Waals surface area contributed by atoms with Crippen molar-refractivity contribution in [2.45, 2.75) is 154 Å². The van der Waals surface area contributed by atoms with E-state index in [4.69, 9.17) is 28.7 Å². The van der Waals surface area contributed by atoms with Gasteiger partial charge in [-0.25, -0.2) is 4.79 Å². The molecule has 0 saturated carbocycles. The Morgan fingerprint density at radius 3 is 1.39 bits per heavy atom. The molecule has 0 fully saturated rings. The summed E-state index contributed by atoms with van der Waals surface area (Å²) in [6.07, 6.45) is 0.575. The van der Waals surface area contributed by atoms with Crippen LogP contribution < -0.4 is 81.8 Å². The third-order valence-corrected chi connectivity index (χ3v) is 14.3. The maximum atomic E-state index is 14.2. The molecule has 24 N–H and O–H groups in total. The fourth-order valence-corrected chi connectivity index (χ4v) is 9.26. The molecule has 10 amide bonds. The highest BCUT2D eigenvalue weighted by molar-refractivity contribution is 5.99.